The number of hydrogen-bond acceptors (Lipinski definition) is 3. The summed E-state index contributed by atoms with van der Waals surface area (Å²) in [5, 5.41) is 0. The summed E-state index contributed by atoms with van der Waals surface area (Å²) in [6, 6.07) is 4.52. The molecule has 1 atom stereocenters. The molecule has 0 aromatic carbocycles. The standard InChI is InChI=1S/C15H25N3/c1-3-8-18(11-13-4-5-13)15-7-6-14(10-17-15)9-12(2)16/h6-7,10,12-13H,3-5,8-9,11,16H2,1-2H3. The largest absolute Gasteiger partial charge is 0.356 e. The molecule has 0 bridgehead atoms. The fourth-order valence-electron chi connectivity index (χ4n) is 2.28. The van der Waals surface area contributed by atoms with E-state index in [1.54, 1.807) is 0 Å². The van der Waals surface area contributed by atoms with Crippen LogP contribution in [0.3, 0.4) is 0 Å². The second-order valence-corrected chi connectivity index (χ2v) is 5.60. The Bertz CT molecular complexity index is 355. The number of pyridine rings is 1. The van der Waals surface area contributed by atoms with Gasteiger partial charge in [0.15, 0.2) is 0 Å². The lowest BCUT2D eigenvalue weighted by Gasteiger charge is -2.23. The smallest absolute Gasteiger partial charge is 0.128 e. The molecule has 1 unspecified atom stereocenters. The molecule has 0 amide bonds. The van der Waals surface area contributed by atoms with Crippen LogP contribution >= 0.6 is 0 Å². The lowest BCUT2D eigenvalue weighted by atomic mass is 10.1. The van der Waals surface area contributed by atoms with Crippen molar-refractivity contribution in [3.8, 4) is 0 Å². The normalized spacial score (nSPS) is 16.6. The first-order valence-corrected chi connectivity index (χ1v) is 7.14. The molecule has 1 aliphatic carbocycles. The Labute approximate surface area is 110 Å². The van der Waals surface area contributed by atoms with Crippen LogP contribution in [-0.2, 0) is 6.42 Å². The van der Waals surface area contributed by atoms with E-state index in [2.05, 4.69) is 28.9 Å². The molecule has 3 heteroatoms. The van der Waals surface area contributed by atoms with E-state index in [1.807, 2.05) is 13.1 Å². The van der Waals surface area contributed by atoms with Crippen molar-refractivity contribution in [1.82, 2.24) is 4.98 Å². The van der Waals surface area contributed by atoms with Crippen molar-refractivity contribution < 1.29 is 0 Å². The first-order valence-electron chi connectivity index (χ1n) is 7.14. The lowest BCUT2D eigenvalue weighted by Crippen LogP contribution is -2.27. The highest BCUT2D eigenvalue weighted by Crippen LogP contribution is 2.31. The summed E-state index contributed by atoms with van der Waals surface area (Å²) in [6.07, 6.45) is 6.85. The predicted molar refractivity (Wildman–Crippen MR) is 76.8 cm³/mol. The van der Waals surface area contributed by atoms with E-state index in [1.165, 1.54) is 31.4 Å². The van der Waals surface area contributed by atoms with Crippen LogP contribution in [0, 0.1) is 5.92 Å². The SMILES string of the molecule is CCCN(CC1CC1)c1ccc(CC(C)N)cn1. The molecule has 0 aliphatic heterocycles. The third kappa shape index (κ3) is 3.98. The zero-order valence-corrected chi connectivity index (χ0v) is 11.6. The molecular weight excluding hydrogens is 222 g/mol. The molecule has 18 heavy (non-hydrogen) atoms. The Kier molecular flexibility index (Phi) is 4.59. The van der Waals surface area contributed by atoms with E-state index in [-0.39, 0.29) is 6.04 Å². The summed E-state index contributed by atoms with van der Waals surface area (Å²) >= 11 is 0. The van der Waals surface area contributed by atoms with Gasteiger partial charge in [0, 0.05) is 25.3 Å². The van der Waals surface area contributed by atoms with Crippen LogP contribution in [0.25, 0.3) is 0 Å². The van der Waals surface area contributed by atoms with Gasteiger partial charge in [0.05, 0.1) is 0 Å². The third-order valence-electron chi connectivity index (χ3n) is 3.36. The predicted octanol–water partition coefficient (Wildman–Crippen LogP) is 2.60. The number of nitrogens with zero attached hydrogens (tertiary/aromatic N) is 2. The van der Waals surface area contributed by atoms with E-state index >= 15 is 0 Å². The third-order valence-corrected chi connectivity index (χ3v) is 3.36. The van der Waals surface area contributed by atoms with Crippen LogP contribution in [0.1, 0.15) is 38.7 Å². The van der Waals surface area contributed by atoms with Crippen molar-refractivity contribution in [1.29, 1.82) is 0 Å². The topological polar surface area (TPSA) is 42.1 Å². The molecule has 1 saturated carbocycles. The number of hydrogen-bond donors (Lipinski definition) is 1. The van der Waals surface area contributed by atoms with Gasteiger partial charge in [0.2, 0.25) is 0 Å². The molecule has 1 fully saturated rings. The van der Waals surface area contributed by atoms with E-state index < -0.39 is 0 Å². The van der Waals surface area contributed by atoms with Crippen molar-refractivity contribution in [2.75, 3.05) is 18.0 Å². The van der Waals surface area contributed by atoms with Crippen molar-refractivity contribution in [3.05, 3.63) is 23.9 Å². The Balaban J connectivity index is 2.00. The summed E-state index contributed by atoms with van der Waals surface area (Å²) in [5.41, 5.74) is 7.04. The van der Waals surface area contributed by atoms with Crippen LogP contribution in [0.2, 0.25) is 0 Å². The molecule has 2 rings (SSSR count). The summed E-state index contributed by atoms with van der Waals surface area (Å²) in [5.74, 6) is 2.03. The zero-order chi connectivity index (χ0) is 13.0. The Morgan fingerprint density at radius 2 is 2.22 bits per heavy atom. The maximum atomic E-state index is 5.81. The monoisotopic (exact) mass is 247 g/mol. The van der Waals surface area contributed by atoms with Crippen LogP contribution in [0.15, 0.2) is 18.3 Å². The second kappa shape index (κ2) is 6.19. The minimum atomic E-state index is 0.204. The minimum absolute atomic E-state index is 0.204. The molecule has 1 aliphatic rings. The fourth-order valence-corrected chi connectivity index (χ4v) is 2.28. The number of rotatable bonds is 7. The average Bonchev–Trinajstić information content (AvgIpc) is 3.13. The molecule has 100 valence electrons. The van der Waals surface area contributed by atoms with Gasteiger partial charge in [0.1, 0.15) is 5.82 Å². The zero-order valence-electron chi connectivity index (χ0n) is 11.6. The van der Waals surface area contributed by atoms with Crippen LogP contribution in [0.4, 0.5) is 5.82 Å². The van der Waals surface area contributed by atoms with Gasteiger partial charge in [-0.1, -0.05) is 13.0 Å². The van der Waals surface area contributed by atoms with Crippen LogP contribution < -0.4 is 10.6 Å². The highest BCUT2D eigenvalue weighted by atomic mass is 15.2. The van der Waals surface area contributed by atoms with Crippen molar-refractivity contribution in [2.24, 2.45) is 11.7 Å². The van der Waals surface area contributed by atoms with Crippen LogP contribution in [0.5, 0.6) is 0 Å². The molecule has 0 spiro atoms. The van der Waals surface area contributed by atoms with E-state index in [0.29, 0.717) is 0 Å². The second-order valence-electron chi connectivity index (χ2n) is 5.60. The van der Waals surface area contributed by atoms with Gasteiger partial charge in [-0.25, -0.2) is 4.98 Å². The quantitative estimate of drug-likeness (QED) is 0.805. The van der Waals surface area contributed by atoms with Crippen molar-refractivity contribution >= 4 is 5.82 Å². The number of nitrogens with two attached hydrogens (primary N) is 1. The van der Waals surface area contributed by atoms with Crippen LogP contribution in [-0.4, -0.2) is 24.1 Å². The summed E-state index contributed by atoms with van der Waals surface area (Å²) in [6.45, 7) is 6.54. The van der Waals surface area contributed by atoms with Gasteiger partial charge in [0.25, 0.3) is 0 Å². The Morgan fingerprint density at radius 1 is 1.44 bits per heavy atom. The Hall–Kier alpha value is -1.09. The minimum Gasteiger partial charge on any atom is -0.356 e. The lowest BCUT2D eigenvalue weighted by molar-refractivity contribution is 0.696. The number of aromatic nitrogens is 1. The van der Waals surface area contributed by atoms with E-state index in [9.17, 15) is 0 Å². The average molecular weight is 247 g/mol. The van der Waals surface area contributed by atoms with Crippen molar-refractivity contribution in [2.45, 2.75) is 45.6 Å². The summed E-state index contributed by atoms with van der Waals surface area (Å²) < 4.78 is 0. The first-order chi connectivity index (χ1) is 8.69. The van der Waals surface area contributed by atoms with Gasteiger partial charge < -0.3 is 10.6 Å². The van der Waals surface area contributed by atoms with Gasteiger partial charge in [-0.05, 0) is 50.2 Å². The maximum Gasteiger partial charge on any atom is 0.128 e. The van der Waals surface area contributed by atoms with Gasteiger partial charge in [-0.2, -0.15) is 0 Å². The number of anilines is 1. The molecule has 0 radical (unpaired) electrons. The first kappa shape index (κ1) is 13.3. The molecule has 3 nitrogen and oxygen atoms in total. The molecule has 1 heterocycles. The van der Waals surface area contributed by atoms with E-state index in [0.717, 1.165) is 24.7 Å². The molecule has 1 aromatic rings. The fraction of sp³-hybridized carbons (Fsp3) is 0.667. The summed E-state index contributed by atoms with van der Waals surface area (Å²) in [7, 11) is 0. The summed E-state index contributed by atoms with van der Waals surface area (Å²) in [4.78, 5) is 7.03. The van der Waals surface area contributed by atoms with Gasteiger partial charge in [-0.3, -0.25) is 0 Å². The van der Waals surface area contributed by atoms with Crippen molar-refractivity contribution in [3.63, 3.8) is 0 Å². The van der Waals surface area contributed by atoms with E-state index in [4.69, 9.17) is 5.73 Å². The van der Waals surface area contributed by atoms with Gasteiger partial charge in [-0.15, -0.1) is 0 Å². The Morgan fingerprint density at radius 3 is 2.72 bits per heavy atom. The molecular formula is C15H25N3. The molecule has 0 saturated heterocycles. The molecule has 2 N–H and O–H groups in total. The van der Waals surface area contributed by atoms with Gasteiger partial charge >= 0.3 is 0 Å². The molecule has 1 aromatic heterocycles. The highest BCUT2D eigenvalue weighted by Gasteiger charge is 2.24. The highest BCUT2D eigenvalue weighted by molar-refractivity contribution is 5.39. The maximum absolute atomic E-state index is 5.81.